The fourth-order valence-corrected chi connectivity index (χ4v) is 8.25. The van der Waals surface area contributed by atoms with E-state index in [0.717, 1.165) is 48.7 Å². The Morgan fingerprint density at radius 2 is 1.53 bits per heavy atom. The molecule has 0 N–H and O–H groups in total. The molecular formula is C42H48O5. The van der Waals surface area contributed by atoms with Crippen LogP contribution in [0.2, 0.25) is 0 Å². The molecule has 0 fully saturated rings. The molecule has 6 rings (SSSR count). The zero-order chi connectivity index (χ0) is 33.9. The van der Waals surface area contributed by atoms with Crippen LogP contribution in [-0.4, -0.2) is 29.4 Å². The topological polar surface area (TPSA) is 85.3 Å². The molecule has 0 aromatic carbocycles. The molecule has 6 bridgehead atoms. The highest BCUT2D eigenvalue weighted by Gasteiger charge is 2.47. The van der Waals surface area contributed by atoms with E-state index in [0.29, 0.717) is 67.2 Å². The van der Waals surface area contributed by atoms with Crippen LogP contribution in [0, 0.1) is 23.2 Å². The molecule has 0 heterocycles. The highest BCUT2D eigenvalue weighted by molar-refractivity contribution is 6.21. The molecule has 0 spiro atoms. The second-order valence-corrected chi connectivity index (χ2v) is 14.6. The van der Waals surface area contributed by atoms with Crippen LogP contribution in [-0.2, 0) is 24.0 Å². The van der Waals surface area contributed by atoms with Crippen LogP contribution in [0.25, 0.3) is 0 Å². The Bertz CT molecular complexity index is 1660. The fraction of sp³-hybridized carbons (Fsp3) is 0.452. The van der Waals surface area contributed by atoms with Gasteiger partial charge in [-0.2, -0.15) is 0 Å². The molecule has 5 heteroatoms. The minimum absolute atomic E-state index is 0.0909. The van der Waals surface area contributed by atoms with Crippen molar-refractivity contribution >= 4 is 29.4 Å². The summed E-state index contributed by atoms with van der Waals surface area (Å²) in [5.41, 5.74) is 6.75. The van der Waals surface area contributed by atoms with E-state index in [4.69, 9.17) is 0 Å². The molecule has 0 aliphatic heterocycles. The lowest BCUT2D eigenvalue weighted by Crippen LogP contribution is -2.43. The number of hydrogen-bond acceptors (Lipinski definition) is 5. The summed E-state index contributed by atoms with van der Waals surface area (Å²) < 4.78 is 0. The number of carbonyl (C=O) groups is 5. The van der Waals surface area contributed by atoms with Crippen LogP contribution in [0.3, 0.4) is 0 Å². The van der Waals surface area contributed by atoms with Crippen molar-refractivity contribution in [3.8, 4) is 0 Å². The molecule has 47 heavy (non-hydrogen) atoms. The minimum Gasteiger partial charge on any atom is -0.303 e. The van der Waals surface area contributed by atoms with E-state index in [1.54, 1.807) is 0 Å². The van der Waals surface area contributed by atoms with Gasteiger partial charge in [-0.3, -0.25) is 19.2 Å². The summed E-state index contributed by atoms with van der Waals surface area (Å²) >= 11 is 0. The number of Topliss-reactive ketones (excluding diaryl/α,β-unsaturated/α-hetero) is 1. The molecule has 6 aliphatic rings. The first-order valence-electron chi connectivity index (χ1n) is 17.2. The number of carbonyl (C=O) groups excluding carboxylic acids is 5. The zero-order valence-corrected chi connectivity index (χ0v) is 28.5. The van der Waals surface area contributed by atoms with Crippen molar-refractivity contribution in [2.75, 3.05) is 0 Å². The average molecular weight is 633 g/mol. The Balaban J connectivity index is 1.58. The number of allylic oxidation sites excluding steroid dienone is 17. The van der Waals surface area contributed by atoms with E-state index in [-0.39, 0.29) is 40.9 Å². The van der Waals surface area contributed by atoms with Crippen molar-refractivity contribution in [3.05, 3.63) is 105 Å². The second kappa shape index (κ2) is 14.4. The molecule has 0 aromatic heterocycles. The molecule has 0 saturated heterocycles. The Kier molecular flexibility index (Phi) is 10.5. The van der Waals surface area contributed by atoms with Crippen molar-refractivity contribution in [3.63, 3.8) is 0 Å². The summed E-state index contributed by atoms with van der Waals surface area (Å²) in [6, 6.07) is 0. The van der Waals surface area contributed by atoms with Crippen LogP contribution >= 0.6 is 0 Å². The largest absolute Gasteiger partial charge is 0.303 e. The Morgan fingerprint density at radius 1 is 0.809 bits per heavy atom. The van der Waals surface area contributed by atoms with Gasteiger partial charge in [0.1, 0.15) is 6.29 Å². The van der Waals surface area contributed by atoms with Crippen LogP contribution in [0.4, 0.5) is 0 Å². The normalized spacial score (nSPS) is 30.7. The summed E-state index contributed by atoms with van der Waals surface area (Å²) in [6.07, 6.45) is 22.8. The highest BCUT2D eigenvalue weighted by atomic mass is 16.1. The van der Waals surface area contributed by atoms with Gasteiger partial charge >= 0.3 is 0 Å². The van der Waals surface area contributed by atoms with Crippen molar-refractivity contribution < 1.29 is 24.0 Å². The van der Waals surface area contributed by atoms with Crippen molar-refractivity contribution in [2.24, 2.45) is 23.2 Å². The molecule has 5 nitrogen and oxygen atoms in total. The summed E-state index contributed by atoms with van der Waals surface area (Å²) in [5, 5.41) is 0. The SMILES string of the molecule is C=C(C)[C@H]1CCC(C)=CCC[C@]2(C=O)[C@H](CC3=C[C@H]2C/C(C)=C\CC2=CC(=O)C(=CC2=O)CC(C)=CCC3)CC2=CC(=O)C=C1C2=O. The lowest BCUT2D eigenvalue weighted by Gasteiger charge is -2.46. The standard InChI is InChI=1S/C42H48O5/c1-26(2)37-14-12-27(3)9-7-15-42(25-43)34-17-29(5)11-13-31-22-40(46)32(23-39(31)45)16-28(4)8-6-10-30(18-34)19-35(42)20-33-21-36(44)24-38(37)41(33)47/h8-9,11,18,21-25,34-35,37H,1,6-7,10,12-17,19-20H2,2-5H3/b27-9?,28-8?,29-11-/t34-,35-,37-,42-/m1/s1. The average Bonchev–Trinajstić information content (AvgIpc) is 3.01. The summed E-state index contributed by atoms with van der Waals surface area (Å²) in [4.78, 5) is 66.6. The van der Waals surface area contributed by atoms with Crippen molar-refractivity contribution in [1.82, 2.24) is 0 Å². The molecule has 0 amide bonds. The Hall–Kier alpha value is -3.99. The smallest absolute Gasteiger partial charge is 0.185 e. The predicted octanol–water partition coefficient (Wildman–Crippen LogP) is 8.70. The molecule has 6 aliphatic carbocycles. The number of hydrogen-bond donors (Lipinski definition) is 0. The molecule has 4 atom stereocenters. The Morgan fingerprint density at radius 3 is 2.28 bits per heavy atom. The summed E-state index contributed by atoms with van der Waals surface area (Å²) in [6.45, 7) is 12.2. The van der Waals surface area contributed by atoms with Crippen LogP contribution in [0.1, 0.15) is 98.3 Å². The molecule has 0 saturated carbocycles. The molecular weight excluding hydrogens is 584 g/mol. The van der Waals surface area contributed by atoms with E-state index in [1.165, 1.54) is 35.5 Å². The van der Waals surface area contributed by atoms with Gasteiger partial charge in [-0.15, -0.1) is 0 Å². The van der Waals surface area contributed by atoms with E-state index in [2.05, 4.69) is 31.7 Å². The van der Waals surface area contributed by atoms with Crippen molar-refractivity contribution in [1.29, 1.82) is 0 Å². The minimum atomic E-state index is -0.743. The number of fused-ring (bicyclic) bond motifs is 10. The lowest BCUT2D eigenvalue weighted by atomic mass is 9.56. The van der Waals surface area contributed by atoms with Gasteiger partial charge in [-0.25, -0.2) is 0 Å². The van der Waals surface area contributed by atoms with Crippen LogP contribution in [0.5, 0.6) is 0 Å². The predicted molar refractivity (Wildman–Crippen MR) is 186 cm³/mol. The van der Waals surface area contributed by atoms with E-state index in [1.807, 2.05) is 26.8 Å². The third-order valence-corrected chi connectivity index (χ3v) is 11.0. The van der Waals surface area contributed by atoms with Gasteiger partial charge < -0.3 is 4.79 Å². The van der Waals surface area contributed by atoms with Gasteiger partial charge in [-0.1, -0.05) is 58.7 Å². The molecule has 0 aromatic rings. The highest BCUT2D eigenvalue weighted by Crippen LogP contribution is 2.52. The third-order valence-electron chi connectivity index (χ3n) is 11.0. The maximum absolute atomic E-state index is 14.1. The quantitative estimate of drug-likeness (QED) is 0.173. The van der Waals surface area contributed by atoms with E-state index < -0.39 is 5.41 Å². The summed E-state index contributed by atoms with van der Waals surface area (Å²) in [5.74, 6) is -0.931. The second-order valence-electron chi connectivity index (χ2n) is 14.6. The van der Waals surface area contributed by atoms with E-state index in [9.17, 15) is 24.0 Å². The van der Waals surface area contributed by atoms with Crippen LogP contribution in [0.15, 0.2) is 105 Å². The van der Waals surface area contributed by atoms with Gasteiger partial charge in [0, 0.05) is 33.6 Å². The maximum atomic E-state index is 14.1. The first-order valence-corrected chi connectivity index (χ1v) is 17.2. The Labute approximate surface area is 279 Å². The number of ketones is 4. The number of aldehydes is 1. The molecule has 0 radical (unpaired) electrons. The monoisotopic (exact) mass is 632 g/mol. The number of rotatable bonds is 2. The molecule has 0 unspecified atom stereocenters. The van der Waals surface area contributed by atoms with Crippen molar-refractivity contribution in [2.45, 2.75) is 98.3 Å². The maximum Gasteiger partial charge on any atom is 0.185 e. The van der Waals surface area contributed by atoms with Gasteiger partial charge in [0.25, 0.3) is 0 Å². The zero-order valence-electron chi connectivity index (χ0n) is 28.5. The van der Waals surface area contributed by atoms with E-state index >= 15 is 0 Å². The van der Waals surface area contributed by atoms with Gasteiger partial charge in [-0.05, 0) is 134 Å². The van der Waals surface area contributed by atoms with Crippen LogP contribution < -0.4 is 0 Å². The van der Waals surface area contributed by atoms with Gasteiger partial charge in [0.05, 0.1) is 0 Å². The van der Waals surface area contributed by atoms with Gasteiger partial charge in [0.15, 0.2) is 23.1 Å². The van der Waals surface area contributed by atoms with Gasteiger partial charge in [0.2, 0.25) is 0 Å². The lowest BCUT2D eigenvalue weighted by molar-refractivity contribution is -0.123. The summed E-state index contributed by atoms with van der Waals surface area (Å²) in [7, 11) is 0. The third kappa shape index (κ3) is 7.61. The first-order chi connectivity index (χ1) is 22.4. The molecule has 246 valence electrons. The first kappa shape index (κ1) is 34.3. The fourth-order valence-electron chi connectivity index (χ4n) is 8.25.